The van der Waals surface area contributed by atoms with E-state index in [2.05, 4.69) is 31.3 Å². The second kappa shape index (κ2) is 6.58. The molecule has 18 heavy (non-hydrogen) atoms. The van der Waals surface area contributed by atoms with Crippen molar-refractivity contribution in [2.75, 3.05) is 6.54 Å². The molecule has 3 unspecified atom stereocenters. The summed E-state index contributed by atoms with van der Waals surface area (Å²) in [4.78, 5) is 0. The zero-order chi connectivity index (χ0) is 13.0. The first kappa shape index (κ1) is 13.9. The van der Waals surface area contributed by atoms with Gasteiger partial charge in [0.15, 0.2) is 0 Å². The average Bonchev–Trinajstić information content (AvgIpc) is 2.78. The lowest BCUT2D eigenvalue weighted by molar-refractivity contribution is 0.354. The number of nitrogens with one attached hydrogen (secondary N) is 1. The lowest BCUT2D eigenvalue weighted by Crippen LogP contribution is -2.37. The van der Waals surface area contributed by atoms with Crippen LogP contribution < -0.4 is 5.32 Å². The molecule has 2 rings (SSSR count). The predicted molar refractivity (Wildman–Crippen MR) is 79.1 cm³/mol. The molecular formula is C16H24ClN. The Morgan fingerprint density at radius 2 is 2.11 bits per heavy atom. The van der Waals surface area contributed by atoms with Crippen molar-refractivity contribution >= 4 is 11.6 Å². The molecule has 1 fully saturated rings. The molecule has 3 atom stereocenters. The molecule has 100 valence electrons. The summed E-state index contributed by atoms with van der Waals surface area (Å²) in [7, 11) is 0. The van der Waals surface area contributed by atoms with Crippen LogP contribution in [-0.2, 0) is 6.42 Å². The fourth-order valence-electron chi connectivity index (χ4n) is 3.19. The molecular weight excluding hydrogens is 242 g/mol. The third kappa shape index (κ3) is 3.49. The van der Waals surface area contributed by atoms with Crippen molar-refractivity contribution in [3.8, 4) is 0 Å². The Kier molecular flexibility index (Phi) is 5.08. The van der Waals surface area contributed by atoms with E-state index in [1.165, 1.54) is 24.8 Å². The fraction of sp³-hybridized carbons (Fsp3) is 0.625. The Morgan fingerprint density at radius 1 is 1.33 bits per heavy atom. The molecule has 0 aromatic heterocycles. The van der Waals surface area contributed by atoms with E-state index in [1.54, 1.807) is 0 Å². The lowest BCUT2D eigenvalue weighted by atomic mass is 9.91. The van der Waals surface area contributed by atoms with Crippen LogP contribution in [0.15, 0.2) is 24.3 Å². The molecule has 2 heteroatoms. The molecule has 1 saturated carbocycles. The van der Waals surface area contributed by atoms with Gasteiger partial charge in [-0.3, -0.25) is 0 Å². The SMILES string of the molecule is CCNC(Cc1ccccc1Cl)C1CCC(C)C1. The molecule has 1 aliphatic carbocycles. The third-order valence-electron chi connectivity index (χ3n) is 4.17. The Morgan fingerprint density at radius 3 is 2.72 bits per heavy atom. The second-order valence-electron chi connectivity index (χ2n) is 5.64. The summed E-state index contributed by atoms with van der Waals surface area (Å²) in [6, 6.07) is 8.83. The highest BCUT2D eigenvalue weighted by molar-refractivity contribution is 6.31. The van der Waals surface area contributed by atoms with Gasteiger partial charge < -0.3 is 5.32 Å². The van der Waals surface area contributed by atoms with E-state index in [1.807, 2.05) is 12.1 Å². The van der Waals surface area contributed by atoms with Gasteiger partial charge >= 0.3 is 0 Å². The number of benzene rings is 1. The Hall–Kier alpha value is -0.530. The van der Waals surface area contributed by atoms with Crippen molar-refractivity contribution in [2.24, 2.45) is 11.8 Å². The van der Waals surface area contributed by atoms with Gasteiger partial charge in [-0.25, -0.2) is 0 Å². The highest BCUT2D eigenvalue weighted by Crippen LogP contribution is 2.34. The normalized spacial score (nSPS) is 25.3. The predicted octanol–water partition coefficient (Wildman–Crippen LogP) is 4.30. The van der Waals surface area contributed by atoms with Crippen molar-refractivity contribution in [2.45, 2.75) is 45.6 Å². The first-order valence-electron chi connectivity index (χ1n) is 7.17. The van der Waals surface area contributed by atoms with Crippen LogP contribution in [0.4, 0.5) is 0 Å². The maximum atomic E-state index is 6.28. The topological polar surface area (TPSA) is 12.0 Å². The summed E-state index contributed by atoms with van der Waals surface area (Å²) in [5.41, 5.74) is 1.28. The van der Waals surface area contributed by atoms with E-state index in [-0.39, 0.29) is 0 Å². The first-order valence-corrected chi connectivity index (χ1v) is 7.55. The van der Waals surface area contributed by atoms with Crippen molar-refractivity contribution in [1.29, 1.82) is 0 Å². The molecule has 0 saturated heterocycles. The summed E-state index contributed by atoms with van der Waals surface area (Å²) in [5, 5.41) is 4.57. The quantitative estimate of drug-likeness (QED) is 0.837. The molecule has 0 amide bonds. The third-order valence-corrected chi connectivity index (χ3v) is 4.54. The molecule has 0 aliphatic heterocycles. The maximum Gasteiger partial charge on any atom is 0.0438 e. The van der Waals surface area contributed by atoms with Gasteiger partial charge in [-0.2, -0.15) is 0 Å². The summed E-state index contributed by atoms with van der Waals surface area (Å²) in [6.07, 6.45) is 5.17. The van der Waals surface area contributed by atoms with E-state index in [0.29, 0.717) is 6.04 Å². The molecule has 1 aromatic carbocycles. The van der Waals surface area contributed by atoms with Gasteiger partial charge in [-0.1, -0.05) is 50.1 Å². The molecule has 1 aliphatic rings. The van der Waals surface area contributed by atoms with Crippen LogP contribution in [-0.4, -0.2) is 12.6 Å². The van der Waals surface area contributed by atoms with Crippen molar-refractivity contribution < 1.29 is 0 Å². The summed E-state index contributed by atoms with van der Waals surface area (Å²) < 4.78 is 0. The molecule has 0 radical (unpaired) electrons. The lowest BCUT2D eigenvalue weighted by Gasteiger charge is -2.25. The highest BCUT2D eigenvalue weighted by Gasteiger charge is 2.28. The summed E-state index contributed by atoms with van der Waals surface area (Å²) in [6.45, 7) is 5.61. The van der Waals surface area contributed by atoms with Gasteiger partial charge in [0.1, 0.15) is 0 Å². The number of rotatable bonds is 5. The van der Waals surface area contributed by atoms with E-state index in [9.17, 15) is 0 Å². The molecule has 0 spiro atoms. The van der Waals surface area contributed by atoms with Crippen molar-refractivity contribution in [3.05, 3.63) is 34.9 Å². The average molecular weight is 266 g/mol. The molecule has 1 N–H and O–H groups in total. The summed E-state index contributed by atoms with van der Waals surface area (Å²) in [5.74, 6) is 1.71. The van der Waals surface area contributed by atoms with E-state index in [4.69, 9.17) is 11.6 Å². The van der Waals surface area contributed by atoms with E-state index >= 15 is 0 Å². The van der Waals surface area contributed by atoms with E-state index < -0.39 is 0 Å². The monoisotopic (exact) mass is 265 g/mol. The van der Waals surface area contributed by atoms with Gasteiger partial charge in [0, 0.05) is 11.1 Å². The van der Waals surface area contributed by atoms with Crippen LogP contribution in [0, 0.1) is 11.8 Å². The highest BCUT2D eigenvalue weighted by atomic mass is 35.5. The first-order chi connectivity index (χ1) is 8.70. The smallest absolute Gasteiger partial charge is 0.0438 e. The molecule has 0 bridgehead atoms. The largest absolute Gasteiger partial charge is 0.314 e. The van der Waals surface area contributed by atoms with Crippen LogP contribution in [0.25, 0.3) is 0 Å². The van der Waals surface area contributed by atoms with Crippen LogP contribution >= 0.6 is 11.6 Å². The molecule has 1 aromatic rings. The Labute approximate surface area is 116 Å². The maximum absolute atomic E-state index is 6.28. The molecule has 1 nitrogen and oxygen atoms in total. The second-order valence-corrected chi connectivity index (χ2v) is 6.05. The van der Waals surface area contributed by atoms with Crippen LogP contribution in [0.1, 0.15) is 38.7 Å². The van der Waals surface area contributed by atoms with Crippen LogP contribution in [0.2, 0.25) is 5.02 Å². The standard InChI is InChI=1S/C16H24ClN/c1-3-18-16(14-9-8-12(2)10-14)11-13-6-4-5-7-15(13)17/h4-7,12,14,16,18H,3,8-11H2,1-2H3. The molecule has 0 heterocycles. The van der Waals surface area contributed by atoms with Gasteiger partial charge in [0.2, 0.25) is 0 Å². The fourth-order valence-corrected chi connectivity index (χ4v) is 3.40. The zero-order valence-electron chi connectivity index (χ0n) is 11.5. The van der Waals surface area contributed by atoms with Crippen LogP contribution in [0.3, 0.4) is 0 Å². The van der Waals surface area contributed by atoms with Crippen molar-refractivity contribution in [3.63, 3.8) is 0 Å². The minimum Gasteiger partial charge on any atom is -0.314 e. The van der Waals surface area contributed by atoms with Gasteiger partial charge in [-0.05, 0) is 49.3 Å². The van der Waals surface area contributed by atoms with Gasteiger partial charge in [0.05, 0.1) is 0 Å². The van der Waals surface area contributed by atoms with E-state index in [0.717, 1.165) is 29.8 Å². The van der Waals surface area contributed by atoms with Gasteiger partial charge in [0.25, 0.3) is 0 Å². The zero-order valence-corrected chi connectivity index (χ0v) is 12.2. The van der Waals surface area contributed by atoms with Crippen molar-refractivity contribution in [1.82, 2.24) is 5.32 Å². The number of hydrogen-bond acceptors (Lipinski definition) is 1. The number of hydrogen-bond donors (Lipinski definition) is 1. The summed E-state index contributed by atoms with van der Waals surface area (Å²) >= 11 is 6.28. The van der Waals surface area contributed by atoms with Crippen LogP contribution in [0.5, 0.6) is 0 Å². The number of likely N-dealkylation sites (N-methyl/N-ethyl adjacent to an activating group) is 1. The van der Waals surface area contributed by atoms with Gasteiger partial charge in [-0.15, -0.1) is 0 Å². The minimum atomic E-state index is 0.583. The minimum absolute atomic E-state index is 0.583. The Balaban J connectivity index is 2.04. The number of halogens is 1. The Bertz CT molecular complexity index is 377.